The fourth-order valence-electron chi connectivity index (χ4n) is 3.51. The zero-order chi connectivity index (χ0) is 24.5. The van der Waals surface area contributed by atoms with E-state index in [1.54, 1.807) is 17.9 Å². The predicted octanol–water partition coefficient (Wildman–Crippen LogP) is 4.98. The van der Waals surface area contributed by atoms with Crippen LogP contribution in [0.25, 0.3) is 11.3 Å². The molecule has 4 rings (SSSR count). The van der Waals surface area contributed by atoms with Gasteiger partial charge in [0.15, 0.2) is 0 Å². The number of carbonyl (C=O) groups excluding carboxylic acids is 2. The average molecular weight is 471 g/mol. The Kier molecular flexibility index (Phi) is 7.91. The summed E-state index contributed by atoms with van der Waals surface area (Å²) in [6, 6.07) is 25.3. The van der Waals surface area contributed by atoms with Gasteiger partial charge in [-0.3, -0.25) is 4.79 Å². The molecule has 0 amide bonds. The lowest BCUT2D eigenvalue weighted by Gasteiger charge is -2.17. The summed E-state index contributed by atoms with van der Waals surface area (Å²) in [5.74, 6) is -0.309. The summed E-state index contributed by atoms with van der Waals surface area (Å²) in [6.45, 7) is 0.238. The molecule has 0 spiro atoms. The zero-order valence-corrected chi connectivity index (χ0v) is 19.4. The van der Waals surface area contributed by atoms with Crippen LogP contribution in [0.1, 0.15) is 23.6 Å². The summed E-state index contributed by atoms with van der Waals surface area (Å²) in [7, 11) is 1.60. The van der Waals surface area contributed by atoms with Crippen molar-refractivity contribution in [1.29, 1.82) is 0 Å². The summed E-state index contributed by atoms with van der Waals surface area (Å²) in [6.07, 6.45) is 3.07. The van der Waals surface area contributed by atoms with Gasteiger partial charge in [-0.15, -0.1) is 0 Å². The van der Waals surface area contributed by atoms with E-state index in [-0.39, 0.29) is 19.6 Å². The predicted molar refractivity (Wildman–Crippen MR) is 130 cm³/mol. The van der Waals surface area contributed by atoms with Crippen LogP contribution < -0.4 is 4.74 Å². The molecule has 0 saturated carbocycles. The van der Waals surface area contributed by atoms with Crippen LogP contribution in [0.4, 0.5) is 0 Å². The van der Waals surface area contributed by atoms with E-state index >= 15 is 0 Å². The van der Waals surface area contributed by atoms with Gasteiger partial charge in [-0.2, -0.15) is 0 Å². The highest BCUT2D eigenvalue weighted by Gasteiger charge is 2.27. The number of ether oxygens (including phenoxy) is 3. The summed E-state index contributed by atoms with van der Waals surface area (Å²) in [4.78, 5) is 30.1. The first kappa shape index (κ1) is 23.8. The number of hydrogen-bond donors (Lipinski definition) is 0. The van der Waals surface area contributed by atoms with Crippen LogP contribution in [0, 0.1) is 0 Å². The molecule has 1 heterocycles. The molecule has 0 bridgehead atoms. The van der Waals surface area contributed by atoms with Crippen molar-refractivity contribution >= 4 is 11.9 Å². The number of imidazole rings is 1. The van der Waals surface area contributed by atoms with Gasteiger partial charge in [-0.05, 0) is 35.4 Å². The molecule has 1 atom stereocenters. The summed E-state index contributed by atoms with van der Waals surface area (Å²) < 4.78 is 17.8. The van der Waals surface area contributed by atoms with Crippen molar-refractivity contribution < 1.29 is 23.8 Å². The van der Waals surface area contributed by atoms with E-state index in [9.17, 15) is 9.59 Å². The van der Waals surface area contributed by atoms with Gasteiger partial charge >= 0.3 is 11.9 Å². The van der Waals surface area contributed by atoms with E-state index in [0.29, 0.717) is 5.69 Å². The third kappa shape index (κ3) is 6.57. The van der Waals surface area contributed by atoms with Crippen LogP contribution in [0.3, 0.4) is 0 Å². The van der Waals surface area contributed by atoms with Gasteiger partial charge in [0.1, 0.15) is 25.0 Å². The summed E-state index contributed by atoms with van der Waals surface area (Å²) >= 11 is 0. The van der Waals surface area contributed by atoms with Gasteiger partial charge in [-0.25, -0.2) is 9.78 Å². The molecule has 178 valence electrons. The Labute approximate surface area is 203 Å². The van der Waals surface area contributed by atoms with Gasteiger partial charge < -0.3 is 18.8 Å². The second-order valence-corrected chi connectivity index (χ2v) is 7.89. The monoisotopic (exact) mass is 470 g/mol. The molecular weight excluding hydrogens is 444 g/mol. The molecule has 3 aromatic carbocycles. The molecule has 4 aromatic rings. The Morgan fingerprint density at radius 3 is 2.03 bits per heavy atom. The van der Waals surface area contributed by atoms with E-state index in [0.717, 1.165) is 22.4 Å². The Bertz CT molecular complexity index is 1240. The summed E-state index contributed by atoms with van der Waals surface area (Å²) in [5, 5.41) is 0. The first-order valence-corrected chi connectivity index (χ1v) is 11.2. The van der Waals surface area contributed by atoms with E-state index in [1.165, 1.54) is 6.33 Å². The first-order valence-electron chi connectivity index (χ1n) is 11.2. The van der Waals surface area contributed by atoms with Gasteiger partial charge in [0.25, 0.3) is 0 Å². The number of esters is 2. The fraction of sp³-hybridized carbons (Fsp3) is 0.179. The first-order chi connectivity index (χ1) is 17.1. The molecule has 0 aliphatic rings. The third-order valence-electron chi connectivity index (χ3n) is 5.45. The minimum atomic E-state index is -0.915. The zero-order valence-electron chi connectivity index (χ0n) is 19.4. The molecule has 0 aliphatic carbocycles. The lowest BCUT2D eigenvalue weighted by atomic mass is 10.1. The molecule has 0 radical (unpaired) electrons. The molecule has 0 fully saturated rings. The van der Waals surface area contributed by atoms with E-state index < -0.39 is 18.0 Å². The molecule has 0 saturated heterocycles. The molecule has 0 N–H and O–H groups in total. The van der Waals surface area contributed by atoms with Crippen molar-refractivity contribution in [2.45, 2.75) is 25.7 Å². The number of methoxy groups -OCH3 is 1. The maximum Gasteiger partial charge on any atom is 0.330 e. The van der Waals surface area contributed by atoms with Crippen LogP contribution in [-0.4, -0.2) is 28.6 Å². The molecular formula is C28H26N2O5. The molecule has 35 heavy (non-hydrogen) atoms. The van der Waals surface area contributed by atoms with Crippen molar-refractivity contribution in [3.8, 4) is 17.0 Å². The Hall–Kier alpha value is -4.39. The minimum absolute atomic E-state index is 0.106. The van der Waals surface area contributed by atoms with E-state index in [2.05, 4.69) is 4.98 Å². The standard InChI is InChI=1S/C28H26N2O5/c1-33-24-14-12-23(13-15-24)25-17-30(20-29-25)26(28(32)35-19-22-10-6-3-7-11-22)16-27(31)34-18-21-8-4-2-5-9-21/h2-15,17,20,26H,16,18-19H2,1H3. The smallest absolute Gasteiger partial charge is 0.330 e. The van der Waals surface area contributed by atoms with Crippen molar-refractivity contribution in [1.82, 2.24) is 9.55 Å². The Morgan fingerprint density at radius 1 is 0.829 bits per heavy atom. The number of carbonyl (C=O) groups is 2. The van der Waals surface area contributed by atoms with Gasteiger partial charge in [0, 0.05) is 11.8 Å². The van der Waals surface area contributed by atoms with Gasteiger partial charge in [-0.1, -0.05) is 60.7 Å². The van der Waals surface area contributed by atoms with E-state index in [4.69, 9.17) is 14.2 Å². The molecule has 7 nitrogen and oxygen atoms in total. The minimum Gasteiger partial charge on any atom is -0.497 e. The maximum atomic E-state index is 13.1. The second-order valence-electron chi connectivity index (χ2n) is 7.89. The Balaban J connectivity index is 1.49. The van der Waals surface area contributed by atoms with Crippen LogP contribution in [0.15, 0.2) is 97.5 Å². The van der Waals surface area contributed by atoms with Gasteiger partial charge in [0.05, 0.1) is 25.6 Å². The highest BCUT2D eigenvalue weighted by atomic mass is 16.5. The molecule has 0 aliphatic heterocycles. The molecule has 7 heteroatoms. The van der Waals surface area contributed by atoms with Crippen molar-refractivity contribution in [3.05, 3.63) is 109 Å². The molecule has 1 unspecified atom stereocenters. The number of benzene rings is 3. The summed E-state index contributed by atoms with van der Waals surface area (Å²) in [5.41, 5.74) is 3.24. The van der Waals surface area contributed by atoms with Crippen LogP contribution in [-0.2, 0) is 32.3 Å². The highest BCUT2D eigenvalue weighted by Crippen LogP contribution is 2.24. The van der Waals surface area contributed by atoms with Crippen LogP contribution in [0.5, 0.6) is 5.75 Å². The lowest BCUT2D eigenvalue weighted by molar-refractivity contribution is -0.155. The topological polar surface area (TPSA) is 79.7 Å². The maximum absolute atomic E-state index is 13.1. The van der Waals surface area contributed by atoms with Crippen molar-refractivity contribution in [2.24, 2.45) is 0 Å². The second kappa shape index (κ2) is 11.7. The largest absolute Gasteiger partial charge is 0.497 e. The molecule has 1 aromatic heterocycles. The average Bonchev–Trinajstić information content (AvgIpc) is 3.40. The van der Waals surface area contributed by atoms with Crippen LogP contribution >= 0.6 is 0 Å². The number of hydrogen-bond acceptors (Lipinski definition) is 6. The SMILES string of the molecule is COc1ccc(-c2cn(C(CC(=O)OCc3ccccc3)C(=O)OCc3ccccc3)cn2)cc1. The normalized spacial score (nSPS) is 11.5. The van der Waals surface area contributed by atoms with Crippen LogP contribution in [0.2, 0.25) is 0 Å². The lowest BCUT2D eigenvalue weighted by Crippen LogP contribution is -2.24. The number of rotatable bonds is 10. The number of aromatic nitrogens is 2. The Morgan fingerprint density at radius 2 is 1.43 bits per heavy atom. The van der Waals surface area contributed by atoms with Gasteiger partial charge in [0.2, 0.25) is 0 Å². The third-order valence-corrected chi connectivity index (χ3v) is 5.45. The fourth-order valence-corrected chi connectivity index (χ4v) is 3.51. The number of nitrogens with zero attached hydrogens (tertiary/aromatic N) is 2. The van der Waals surface area contributed by atoms with Crippen molar-refractivity contribution in [2.75, 3.05) is 7.11 Å². The highest BCUT2D eigenvalue weighted by molar-refractivity contribution is 5.81. The van der Waals surface area contributed by atoms with Crippen molar-refractivity contribution in [3.63, 3.8) is 0 Å². The van der Waals surface area contributed by atoms with E-state index in [1.807, 2.05) is 84.9 Å². The quantitative estimate of drug-likeness (QED) is 0.304.